The van der Waals surface area contributed by atoms with Gasteiger partial charge in [0.2, 0.25) is 0 Å². The van der Waals surface area contributed by atoms with Gasteiger partial charge in [0, 0.05) is 19.5 Å². The number of carbonyl (C=O) groups excluding carboxylic acids is 1. The minimum atomic E-state index is -2.91. The Bertz CT molecular complexity index is 504. The van der Waals surface area contributed by atoms with E-state index in [1.807, 2.05) is 0 Å². The lowest BCUT2D eigenvalue weighted by Crippen LogP contribution is -2.18. The molecular weight excluding hydrogens is 246 g/mol. The molecule has 0 bridgehead atoms. The summed E-state index contributed by atoms with van der Waals surface area (Å²) in [6.07, 6.45) is 3.46. The molecule has 6 heteroatoms. The maximum absolute atomic E-state index is 11.6. The highest BCUT2D eigenvalue weighted by atomic mass is 32.2. The number of thiazole rings is 1. The van der Waals surface area contributed by atoms with Crippen molar-refractivity contribution in [2.45, 2.75) is 31.4 Å². The van der Waals surface area contributed by atoms with E-state index in [1.165, 1.54) is 24.5 Å². The molecule has 0 aromatic carbocycles. The minimum absolute atomic E-state index is 0.0157. The average Bonchev–Trinajstić information content (AvgIpc) is 2.75. The van der Waals surface area contributed by atoms with E-state index < -0.39 is 9.84 Å². The summed E-state index contributed by atoms with van der Waals surface area (Å²) in [5, 5.41) is 0.458. The van der Waals surface area contributed by atoms with Gasteiger partial charge in [0.05, 0.1) is 20.9 Å². The summed E-state index contributed by atoms with van der Waals surface area (Å²) in [6.45, 7) is 1.49. The van der Waals surface area contributed by atoms with Crippen molar-refractivity contribution in [2.75, 3.05) is 5.75 Å². The molecule has 1 aliphatic rings. The Morgan fingerprint density at radius 1 is 1.62 bits per heavy atom. The van der Waals surface area contributed by atoms with Crippen LogP contribution in [0.3, 0.4) is 0 Å². The summed E-state index contributed by atoms with van der Waals surface area (Å²) in [6, 6.07) is 0. The minimum Gasteiger partial charge on any atom is -0.294 e. The Morgan fingerprint density at radius 2 is 2.38 bits per heavy atom. The Kier molecular flexibility index (Phi) is 3.12. The lowest BCUT2D eigenvalue weighted by atomic mass is 10.2. The molecule has 16 heavy (non-hydrogen) atoms. The van der Waals surface area contributed by atoms with Crippen LogP contribution < -0.4 is 0 Å². The summed E-state index contributed by atoms with van der Waals surface area (Å²) in [5.41, 5.74) is 0. The molecule has 1 aliphatic heterocycles. The molecule has 0 spiro atoms. The lowest BCUT2D eigenvalue weighted by molar-refractivity contribution is 0.102. The standard InChI is InChI=1S/C10H13NO3S2/c1-7(12)9-6-11-10(15-9)5-8-3-2-4-16(8,13)14/h6,8H,2-5H2,1H3. The second-order valence-corrected chi connectivity index (χ2v) is 7.53. The molecule has 1 atom stereocenters. The van der Waals surface area contributed by atoms with Gasteiger partial charge in [0.25, 0.3) is 0 Å². The van der Waals surface area contributed by atoms with Crippen LogP contribution in [0.1, 0.15) is 34.4 Å². The lowest BCUT2D eigenvalue weighted by Gasteiger charge is -2.05. The van der Waals surface area contributed by atoms with E-state index in [0.717, 1.165) is 17.8 Å². The first-order valence-corrected chi connectivity index (χ1v) is 7.69. The summed E-state index contributed by atoms with van der Waals surface area (Å²) in [7, 11) is -2.91. The zero-order valence-electron chi connectivity index (χ0n) is 8.97. The van der Waals surface area contributed by atoms with Crippen LogP contribution in [-0.2, 0) is 16.3 Å². The van der Waals surface area contributed by atoms with Crippen LogP contribution >= 0.6 is 11.3 Å². The van der Waals surface area contributed by atoms with Gasteiger partial charge in [-0.25, -0.2) is 13.4 Å². The fourth-order valence-corrected chi connectivity index (χ4v) is 4.69. The van der Waals surface area contributed by atoms with Crippen LogP contribution in [0.4, 0.5) is 0 Å². The van der Waals surface area contributed by atoms with Crippen molar-refractivity contribution in [1.29, 1.82) is 0 Å². The maximum atomic E-state index is 11.6. The third kappa shape index (κ3) is 2.32. The first-order valence-electron chi connectivity index (χ1n) is 5.16. The van der Waals surface area contributed by atoms with Gasteiger partial charge in [-0.3, -0.25) is 4.79 Å². The molecule has 0 aliphatic carbocycles. The third-order valence-electron chi connectivity index (χ3n) is 2.77. The van der Waals surface area contributed by atoms with Gasteiger partial charge in [-0.2, -0.15) is 0 Å². The Balaban J connectivity index is 2.12. The zero-order chi connectivity index (χ0) is 11.8. The molecule has 0 amide bonds. The molecule has 0 radical (unpaired) electrons. The molecule has 1 aromatic heterocycles. The van der Waals surface area contributed by atoms with E-state index in [1.54, 1.807) is 0 Å². The first-order chi connectivity index (χ1) is 7.49. The highest BCUT2D eigenvalue weighted by Gasteiger charge is 2.31. The number of rotatable bonds is 3. The Labute approximate surface area is 98.6 Å². The van der Waals surface area contributed by atoms with Gasteiger partial charge in [-0.1, -0.05) is 0 Å². The number of ketones is 1. The van der Waals surface area contributed by atoms with Crippen molar-refractivity contribution in [3.8, 4) is 0 Å². The van der Waals surface area contributed by atoms with Crippen LogP contribution in [0, 0.1) is 0 Å². The molecule has 0 saturated carbocycles. The molecule has 1 fully saturated rings. The van der Waals surface area contributed by atoms with Crippen molar-refractivity contribution in [3.05, 3.63) is 16.1 Å². The van der Waals surface area contributed by atoms with Crippen molar-refractivity contribution >= 4 is 27.0 Å². The molecular formula is C10H13NO3S2. The zero-order valence-corrected chi connectivity index (χ0v) is 10.6. The van der Waals surface area contributed by atoms with Crippen molar-refractivity contribution in [3.63, 3.8) is 0 Å². The average molecular weight is 259 g/mol. The quantitative estimate of drug-likeness (QED) is 0.771. The second kappa shape index (κ2) is 4.25. The predicted molar refractivity (Wildman–Crippen MR) is 62.6 cm³/mol. The van der Waals surface area contributed by atoms with E-state index in [2.05, 4.69) is 4.98 Å². The van der Waals surface area contributed by atoms with Crippen molar-refractivity contribution in [2.24, 2.45) is 0 Å². The monoisotopic (exact) mass is 259 g/mol. The van der Waals surface area contributed by atoms with Crippen LogP contribution in [0.15, 0.2) is 6.20 Å². The summed E-state index contributed by atoms with van der Waals surface area (Å²) in [4.78, 5) is 15.8. The topological polar surface area (TPSA) is 64.1 Å². The number of aromatic nitrogens is 1. The fraction of sp³-hybridized carbons (Fsp3) is 0.600. The highest BCUT2D eigenvalue weighted by Crippen LogP contribution is 2.25. The Hall–Kier alpha value is -0.750. The van der Waals surface area contributed by atoms with Gasteiger partial charge in [-0.15, -0.1) is 11.3 Å². The number of hydrogen-bond acceptors (Lipinski definition) is 5. The van der Waals surface area contributed by atoms with Crippen LogP contribution in [0.5, 0.6) is 0 Å². The number of nitrogens with zero attached hydrogens (tertiary/aromatic N) is 1. The number of carbonyl (C=O) groups is 1. The molecule has 4 nitrogen and oxygen atoms in total. The van der Waals surface area contributed by atoms with Gasteiger partial charge in [0.1, 0.15) is 0 Å². The molecule has 0 N–H and O–H groups in total. The SMILES string of the molecule is CC(=O)c1cnc(CC2CCCS2(=O)=O)s1. The molecule has 1 aromatic rings. The van der Waals surface area contributed by atoms with E-state index in [-0.39, 0.29) is 11.0 Å². The summed E-state index contributed by atoms with van der Waals surface area (Å²) in [5.74, 6) is 0.279. The summed E-state index contributed by atoms with van der Waals surface area (Å²) < 4.78 is 23.2. The van der Waals surface area contributed by atoms with Gasteiger partial charge < -0.3 is 0 Å². The van der Waals surface area contributed by atoms with E-state index >= 15 is 0 Å². The van der Waals surface area contributed by atoms with Gasteiger partial charge in [0.15, 0.2) is 15.6 Å². The normalized spacial score (nSPS) is 23.4. The Morgan fingerprint density at radius 3 is 2.88 bits per heavy atom. The number of sulfone groups is 1. The highest BCUT2D eigenvalue weighted by molar-refractivity contribution is 7.92. The largest absolute Gasteiger partial charge is 0.294 e. The first kappa shape index (κ1) is 11.7. The molecule has 2 rings (SSSR count). The summed E-state index contributed by atoms with van der Waals surface area (Å²) >= 11 is 1.30. The van der Waals surface area contributed by atoms with Crippen molar-refractivity contribution < 1.29 is 13.2 Å². The van der Waals surface area contributed by atoms with Crippen LogP contribution in [0.25, 0.3) is 0 Å². The van der Waals surface area contributed by atoms with Crippen molar-refractivity contribution in [1.82, 2.24) is 4.98 Å². The van der Waals surface area contributed by atoms with E-state index in [9.17, 15) is 13.2 Å². The predicted octanol–water partition coefficient (Wildman–Crippen LogP) is 1.47. The molecule has 1 unspecified atom stereocenters. The van der Waals surface area contributed by atoms with Gasteiger partial charge >= 0.3 is 0 Å². The van der Waals surface area contributed by atoms with Gasteiger partial charge in [-0.05, 0) is 12.8 Å². The number of Topliss-reactive ketones (excluding diaryl/α,β-unsaturated/α-hetero) is 1. The van der Waals surface area contributed by atoms with E-state index in [4.69, 9.17) is 0 Å². The maximum Gasteiger partial charge on any atom is 0.171 e. The smallest absolute Gasteiger partial charge is 0.171 e. The number of hydrogen-bond donors (Lipinski definition) is 0. The second-order valence-electron chi connectivity index (χ2n) is 4.01. The fourth-order valence-electron chi connectivity index (χ4n) is 1.85. The van der Waals surface area contributed by atoms with E-state index in [0.29, 0.717) is 17.1 Å². The molecule has 1 saturated heterocycles. The third-order valence-corrected chi connectivity index (χ3v) is 6.16. The molecule has 2 heterocycles. The van der Waals surface area contributed by atoms with Crippen LogP contribution in [-0.4, -0.2) is 30.2 Å². The van der Waals surface area contributed by atoms with Crippen LogP contribution in [0.2, 0.25) is 0 Å². The molecule has 88 valence electrons.